The minimum absolute atomic E-state index is 0.251. The van der Waals surface area contributed by atoms with Gasteiger partial charge in [-0.3, -0.25) is 4.98 Å². The number of imidazole rings is 1. The summed E-state index contributed by atoms with van der Waals surface area (Å²) in [6.07, 6.45) is 4.24. The van der Waals surface area contributed by atoms with Crippen LogP contribution in [0, 0.1) is 0 Å². The van der Waals surface area contributed by atoms with Crippen LogP contribution in [0.1, 0.15) is 18.9 Å². The molecule has 0 saturated carbocycles. The molecule has 4 aromatic rings. The van der Waals surface area contributed by atoms with E-state index in [1.54, 1.807) is 19.5 Å². The van der Waals surface area contributed by atoms with Crippen LogP contribution in [-0.4, -0.2) is 38.2 Å². The zero-order valence-electron chi connectivity index (χ0n) is 16.4. The Kier molecular flexibility index (Phi) is 5.24. The van der Waals surface area contributed by atoms with Crippen LogP contribution in [-0.2, 0) is 6.54 Å². The maximum absolute atomic E-state index is 6.19. The molecule has 8 heteroatoms. The first-order valence-corrected chi connectivity index (χ1v) is 9.39. The lowest BCUT2D eigenvalue weighted by Gasteiger charge is -2.10. The molecule has 8 nitrogen and oxygen atoms in total. The van der Waals surface area contributed by atoms with Crippen molar-refractivity contribution in [1.29, 1.82) is 0 Å². The number of hydrogen-bond donors (Lipinski definition) is 1. The van der Waals surface area contributed by atoms with Gasteiger partial charge >= 0.3 is 6.01 Å². The number of fused-ring (bicyclic) bond motifs is 1. The average Bonchev–Trinajstić information content (AvgIpc) is 3.12. The fraction of sp³-hybridized carbons (Fsp3) is 0.238. The van der Waals surface area contributed by atoms with Gasteiger partial charge in [0.2, 0.25) is 0 Å². The van der Waals surface area contributed by atoms with Crippen LogP contribution in [0.25, 0.3) is 22.6 Å². The fourth-order valence-electron chi connectivity index (χ4n) is 3.05. The van der Waals surface area contributed by atoms with Gasteiger partial charge in [-0.2, -0.15) is 9.97 Å². The number of aromatic nitrogens is 5. The molecular formula is C21H22N6O2. The maximum atomic E-state index is 6.19. The van der Waals surface area contributed by atoms with Gasteiger partial charge in [0, 0.05) is 11.8 Å². The summed E-state index contributed by atoms with van der Waals surface area (Å²) in [4.78, 5) is 17.8. The van der Waals surface area contributed by atoms with E-state index in [1.165, 1.54) is 0 Å². The summed E-state index contributed by atoms with van der Waals surface area (Å²) in [5, 5.41) is 0. The van der Waals surface area contributed by atoms with Gasteiger partial charge in [0.05, 0.1) is 26.5 Å². The van der Waals surface area contributed by atoms with Gasteiger partial charge in [-0.1, -0.05) is 37.3 Å². The predicted molar refractivity (Wildman–Crippen MR) is 111 cm³/mol. The summed E-state index contributed by atoms with van der Waals surface area (Å²) >= 11 is 0. The van der Waals surface area contributed by atoms with Crippen molar-refractivity contribution in [3.05, 3.63) is 54.4 Å². The normalized spacial score (nSPS) is 11.0. The Morgan fingerprint density at radius 2 is 1.90 bits per heavy atom. The maximum Gasteiger partial charge on any atom is 0.320 e. The molecule has 3 aromatic heterocycles. The molecule has 148 valence electrons. The lowest BCUT2D eigenvalue weighted by molar-refractivity contribution is 0.293. The quantitative estimate of drug-likeness (QED) is 0.516. The Hall–Kier alpha value is -3.68. The van der Waals surface area contributed by atoms with E-state index in [1.807, 2.05) is 35.8 Å². The first-order chi connectivity index (χ1) is 14.2. The van der Waals surface area contributed by atoms with Crippen LogP contribution < -0.4 is 15.2 Å². The number of benzene rings is 1. The third-order valence-electron chi connectivity index (χ3n) is 4.43. The van der Waals surface area contributed by atoms with E-state index < -0.39 is 0 Å². The number of methoxy groups -OCH3 is 1. The Morgan fingerprint density at radius 1 is 1.07 bits per heavy atom. The minimum atomic E-state index is 0.251. The van der Waals surface area contributed by atoms with Crippen molar-refractivity contribution in [3.63, 3.8) is 0 Å². The molecule has 29 heavy (non-hydrogen) atoms. The van der Waals surface area contributed by atoms with E-state index >= 15 is 0 Å². The van der Waals surface area contributed by atoms with Gasteiger partial charge in [-0.15, -0.1) is 0 Å². The minimum Gasteiger partial charge on any atom is -0.495 e. The zero-order chi connectivity index (χ0) is 20.2. The van der Waals surface area contributed by atoms with Gasteiger partial charge in [-0.25, -0.2) is 4.98 Å². The molecule has 0 fully saturated rings. The molecule has 4 rings (SSSR count). The highest BCUT2D eigenvalue weighted by molar-refractivity contribution is 5.86. The van der Waals surface area contributed by atoms with Gasteiger partial charge in [-0.05, 0) is 18.1 Å². The Bertz CT molecular complexity index is 1130. The number of nitrogens with zero attached hydrogens (tertiary/aromatic N) is 5. The third-order valence-corrected chi connectivity index (χ3v) is 4.43. The second-order valence-electron chi connectivity index (χ2n) is 6.53. The molecule has 0 saturated heterocycles. The van der Waals surface area contributed by atoms with Crippen molar-refractivity contribution in [1.82, 2.24) is 24.5 Å². The molecule has 0 radical (unpaired) electrons. The van der Waals surface area contributed by atoms with Crippen molar-refractivity contribution in [2.24, 2.45) is 0 Å². The van der Waals surface area contributed by atoms with Crippen molar-refractivity contribution >= 4 is 17.0 Å². The van der Waals surface area contributed by atoms with Crippen LogP contribution in [0.4, 0.5) is 5.82 Å². The largest absolute Gasteiger partial charge is 0.495 e. The molecule has 0 aliphatic carbocycles. The molecule has 2 N–H and O–H groups in total. The van der Waals surface area contributed by atoms with E-state index in [2.05, 4.69) is 27.1 Å². The zero-order valence-corrected chi connectivity index (χ0v) is 16.4. The molecule has 0 amide bonds. The van der Waals surface area contributed by atoms with Crippen molar-refractivity contribution in [2.45, 2.75) is 19.9 Å². The molecule has 0 atom stereocenters. The molecule has 0 bridgehead atoms. The van der Waals surface area contributed by atoms with E-state index in [9.17, 15) is 0 Å². The molecule has 1 aromatic carbocycles. The predicted octanol–water partition coefficient (Wildman–Crippen LogP) is 3.32. The van der Waals surface area contributed by atoms with Crippen molar-refractivity contribution < 1.29 is 9.47 Å². The Labute approximate surface area is 168 Å². The molecule has 3 heterocycles. The topological polar surface area (TPSA) is 101 Å². The second kappa shape index (κ2) is 8.14. The first kappa shape index (κ1) is 18.7. The van der Waals surface area contributed by atoms with Crippen molar-refractivity contribution in [3.8, 4) is 23.1 Å². The highest BCUT2D eigenvalue weighted by atomic mass is 16.5. The smallest absolute Gasteiger partial charge is 0.320 e. The van der Waals surface area contributed by atoms with Crippen LogP contribution in [0.2, 0.25) is 0 Å². The summed E-state index contributed by atoms with van der Waals surface area (Å²) in [5.74, 6) is 1.61. The Morgan fingerprint density at radius 3 is 2.66 bits per heavy atom. The fourth-order valence-corrected chi connectivity index (χ4v) is 3.05. The standard InChI is InChI=1S/C21H22N6O2/c1-3-9-29-21-25-18(22)17-20(26-21)27(13-14-7-5-4-6-8-14)19(24-17)15-10-16(28-2)12-23-11-15/h4-8,10-12H,3,9,13H2,1-2H3,(H2,22,25,26). The number of nitrogens with two attached hydrogens (primary N) is 1. The Balaban J connectivity index is 1.91. The molecule has 0 aliphatic rings. The van der Waals surface area contributed by atoms with Crippen LogP contribution in [0.15, 0.2) is 48.8 Å². The molecular weight excluding hydrogens is 368 g/mol. The number of nitrogen functional groups attached to an aromatic ring is 1. The van der Waals surface area contributed by atoms with Crippen LogP contribution in [0.3, 0.4) is 0 Å². The summed E-state index contributed by atoms with van der Waals surface area (Å²) in [6.45, 7) is 3.10. The SMILES string of the molecule is CCCOc1nc(N)c2nc(-c3cncc(OC)c3)n(Cc3ccccc3)c2n1. The molecule has 0 unspecified atom stereocenters. The number of anilines is 1. The van der Waals surface area contributed by atoms with E-state index in [-0.39, 0.29) is 11.8 Å². The third kappa shape index (κ3) is 3.82. The van der Waals surface area contributed by atoms with Crippen LogP contribution in [0.5, 0.6) is 11.8 Å². The van der Waals surface area contributed by atoms with E-state index in [0.717, 1.165) is 17.5 Å². The lowest BCUT2D eigenvalue weighted by atomic mass is 10.2. The number of ether oxygens (including phenoxy) is 2. The van der Waals surface area contributed by atoms with Crippen LogP contribution >= 0.6 is 0 Å². The summed E-state index contributed by atoms with van der Waals surface area (Å²) in [5.41, 5.74) is 9.25. The second-order valence-corrected chi connectivity index (χ2v) is 6.53. The molecule has 0 spiro atoms. The van der Waals surface area contributed by atoms with E-state index in [0.29, 0.717) is 35.9 Å². The summed E-state index contributed by atoms with van der Waals surface area (Å²) < 4.78 is 12.9. The lowest BCUT2D eigenvalue weighted by Crippen LogP contribution is -2.06. The first-order valence-electron chi connectivity index (χ1n) is 9.39. The molecule has 0 aliphatic heterocycles. The number of rotatable bonds is 7. The summed E-state index contributed by atoms with van der Waals surface area (Å²) in [6, 6.07) is 12.2. The average molecular weight is 390 g/mol. The highest BCUT2D eigenvalue weighted by Gasteiger charge is 2.19. The van der Waals surface area contributed by atoms with Gasteiger partial charge < -0.3 is 19.8 Å². The highest BCUT2D eigenvalue weighted by Crippen LogP contribution is 2.29. The van der Waals surface area contributed by atoms with Gasteiger partial charge in [0.15, 0.2) is 17.0 Å². The number of pyridine rings is 1. The van der Waals surface area contributed by atoms with E-state index in [4.69, 9.17) is 20.2 Å². The number of hydrogen-bond acceptors (Lipinski definition) is 7. The monoisotopic (exact) mass is 390 g/mol. The van der Waals surface area contributed by atoms with Gasteiger partial charge in [0.25, 0.3) is 0 Å². The van der Waals surface area contributed by atoms with Crippen molar-refractivity contribution in [2.75, 3.05) is 19.5 Å². The van der Waals surface area contributed by atoms with Gasteiger partial charge in [0.1, 0.15) is 11.6 Å². The summed E-state index contributed by atoms with van der Waals surface area (Å²) in [7, 11) is 1.61.